The first-order valence-electron chi connectivity index (χ1n) is 6.42. The topological polar surface area (TPSA) is 24.9 Å². The molecular formula is C13H22N2S. The van der Waals surface area contributed by atoms with Crippen LogP contribution in [0.25, 0.3) is 0 Å². The molecule has 0 amide bonds. The Morgan fingerprint density at radius 3 is 2.81 bits per heavy atom. The maximum absolute atomic E-state index is 4.57. The van der Waals surface area contributed by atoms with Gasteiger partial charge in [0.05, 0.1) is 10.7 Å². The summed E-state index contributed by atoms with van der Waals surface area (Å²) in [6.07, 6.45) is 6.61. The van der Waals surface area contributed by atoms with E-state index in [1.54, 1.807) is 11.3 Å². The Labute approximate surface area is 102 Å². The van der Waals surface area contributed by atoms with E-state index in [9.17, 15) is 0 Å². The third-order valence-electron chi connectivity index (χ3n) is 3.45. The van der Waals surface area contributed by atoms with E-state index in [1.165, 1.54) is 42.9 Å². The molecule has 1 saturated carbocycles. The van der Waals surface area contributed by atoms with Crippen molar-refractivity contribution >= 4 is 11.3 Å². The maximum atomic E-state index is 4.57. The van der Waals surface area contributed by atoms with Gasteiger partial charge in [-0.1, -0.05) is 20.3 Å². The van der Waals surface area contributed by atoms with Crippen LogP contribution < -0.4 is 5.32 Å². The molecule has 0 aliphatic heterocycles. The van der Waals surface area contributed by atoms with Crippen LogP contribution >= 0.6 is 11.3 Å². The number of hydrogen-bond donors (Lipinski definition) is 1. The molecule has 1 fully saturated rings. The average Bonchev–Trinajstić information content (AvgIpc) is 2.89. The molecule has 1 aromatic rings. The third kappa shape index (κ3) is 3.05. The average molecular weight is 238 g/mol. The molecule has 1 aliphatic carbocycles. The Balaban J connectivity index is 1.71. The summed E-state index contributed by atoms with van der Waals surface area (Å²) in [4.78, 5) is 4.57. The summed E-state index contributed by atoms with van der Waals surface area (Å²) in [5, 5.41) is 7.01. The summed E-state index contributed by atoms with van der Waals surface area (Å²) in [6, 6.07) is 0. The van der Waals surface area contributed by atoms with Crippen molar-refractivity contribution in [1.29, 1.82) is 0 Å². The van der Waals surface area contributed by atoms with Crippen molar-refractivity contribution in [3.63, 3.8) is 0 Å². The van der Waals surface area contributed by atoms with Gasteiger partial charge in [-0.2, -0.15) is 0 Å². The van der Waals surface area contributed by atoms with E-state index in [0.29, 0.717) is 5.41 Å². The quantitative estimate of drug-likeness (QED) is 0.787. The number of hydrogen-bond acceptors (Lipinski definition) is 3. The zero-order chi connectivity index (χ0) is 11.4. The summed E-state index contributed by atoms with van der Waals surface area (Å²) in [7, 11) is 0. The van der Waals surface area contributed by atoms with Crippen LogP contribution in [0, 0.1) is 5.41 Å². The van der Waals surface area contributed by atoms with Gasteiger partial charge in [0.15, 0.2) is 0 Å². The summed E-state index contributed by atoms with van der Waals surface area (Å²) >= 11 is 1.78. The SMILES string of the molecule is CCCC1(CNCc2csc(CC)n2)CC1. The highest BCUT2D eigenvalue weighted by molar-refractivity contribution is 7.09. The first kappa shape index (κ1) is 12.1. The van der Waals surface area contributed by atoms with Gasteiger partial charge >= 0.3 is 0 Å². The summed E-state index contributed by atoms with van der Waals surface area (Å²) in [5.74, 6) is 0. The van der Waals surface area contributed by atoms with E-state index < -0.39 is 0 Å². The van der Waals surface area contributed by atoms with Crippen LogP contribution in [0.1, 0.15) is 50.2 Å². The van der Waals surface area contributed by atoms with E-state index in [4.69, 9.17) is 0 Å². The molecule has 90 valence electrons. The second-order valence-corrected chi connectivity index (χ2v) is 5.88. The lowest BCUT2D eigenvalue weighted by atomic mass is 10.0. The van der Waals surface area contributed by atoms with Crippen LogP contribution in [-0.2, 0) is 13.0 Å². The third-order valence-corrected chi connectivity index (χ3v) is 4.49. The van der Waals surface area contributed by atoms with Gasteiger partial charge in [-0.15, -0.1) is 11.3 Å². The molecule has 1 aliphatic rings. The van der Waals surface area contributed by atoms with Gasteiger partial charge in [-0.05, 0) is 31.1 Å². The molecule has 3 heteroatoms. The van der Waals surface area contributed by atoms with Gasteiger partial charge in [0.1, 0.15) is 0 Å². The summed E-state index contributed by atoms with van der Waals surface area (Å²) in [5.41, 5.74) is 1.87. The van der Waals surface area contributed by atoms with Crippen LogP contribution in [0.4, 0.5) is 0 Å². The van der Waals surface area contributed by atoms with Crippen LogP contribution in [0.15, 0.2) is 5.38 Å². The zero-order valence-corrected chi connectivity index (χ0v) is 11.2. The molecule has 1 aromatic heterocycles. The lowest BCUT2D eigenvalue weighted by Crippen LogP contribution is -2.23. The molecule has 1 heterocycles. The maximum Gasteiger partial charge on any atom is 0.0926 e. The van der Waals surface area contributed by atoms with Gasteiger partial charge in [0, 0.05) is 18.5 Å². The highest BCUT2D eigenvalue weighted by Crippen LogP contribution is 2.48. The molecular weight excluding hydrogens is 216 g/mol. The van der Waals surface area contributed by atoms with Crippen molar-refractivity contribution in [1.82, 2.24) is 10.3 Å². The Morgan fingerprint density at radius 2 is 2.25 bits per heavy atom. The number of aromatic nitrogens is 1. The monoisotopic (exact) mass is 238 g/mol. The van der Waals surface area contributed by atoms with Gasteiger partial charge in [0.25, 0.3) is 0 Å². The molecule has 0 aromatic carbocycles. The fraction of sp³-hybridized carbons (Fsp3) is 0.769. The predicted molar refractivity (Wildman–Crippen MR) is 69.8 cm³/mol. The van der Waals surface area contributed by atoms with E-state index in [1.807, 2.05) is 0 Å². The van der Waals surface area contributed by atoms with Gasteiger partial charge in [0.2, 0.25) is 0 Å². The number of rotatable bonds is 7. The van der Waals surface area contributed by atoms with Gasteiger partial charge < -0.3 is 5.32 Å². The first-order chi connectivity index (χ1) is 7.78. The van der Waals surface area contributed by atoms with Crippen molar-refractivity contribution in [2.75, 3.05) is 6.54 Å². The number of nitrogens with zero attached hydrogens (tertiary/aromatic N) is 1. The highest BCUT2D eigenvalue weighted by Gasteiger charge is 2.40. The minimum atomic E-state index is 0.651. The van der Waals surface area contributed by atoms with Crippen LogP contribution in [0.5, 0.6) is 0 Å². The molecule has 0 saturated heterocycles. The smallest absolute Gasteiger partial charge is 0.0926 e. The molecule has 0 unspecified atom stereocenters. The second-order valence-electron chi connectivity index (χ2n) is 4.94. The second kappa shape index (κ2) is 5.28. The fourth-order valence-corrected chi connectivity index (χ4v) is 3.02. The van der Waals surface area contributed by atoms with Crippen molar-refractivity contribution in [2.45, 2.75) is 52.5 Å². The Morgan fingerprint density at radius 1 is 1.44 bits per heavy atom. The number of thiazole rings is 1. The molecule has 0 bridgehead atoms. The minimum absolute atomic E-state index is 0.651. The Kier molecular flexibility index (Phi) is 3.98. The van der Waals surface area contributed by atoms with Crippen molar-refractivity contribution in [2.24, 2.45) is 5.41 Å². The number of aryl methyl sites for hydroxylation is 1. The Hall–Kier alpha value is -0.410. The fourth-order valence-electron chi connectivity index (χ4n) is 2.27. The van der Waals surface area contributed by atoms with Crippen molar-refractivity contribution < 1.29 is 0 Å². The van der Waals surface area contributed by atoms with Crippen molar-refractivity contribution in [3.8, 4) is 0 Å². The van der Waals surface area contributed by atoms with Gasteiger partial charge in [-0.3, -0.25) is 0 Å². The van der Waals surface area contributed by atoms with E-state index >= 15 is 0 Å². The van der Waals surface area contributed by atoms with Crippen LogP contribution in [0.3, 0.4) is 0 Å². The van der Waals surface area contributed by atoms with Crippen molar-refractivity contribution in [3.05, 3.63) is 16.1 Å². The summed E-state index contributed by atoms with van der Waals surface area (Å²) in [6.45, 7) is 6.58. The normalized spacial score (nSPS) is 17.6. The Bertz CT molecular complexity index is 328. The molecule has 0 spiro atoms. The van der Waals surface area contributed by atoms with E-state index in [-0.39, 0.29) is 0 Å². The van der Waals surface area contributed by atoms with Crippen LogP contribution in [-0.4, -0.2) is 11.5 Å². The lowest BCUT2D eigenvalue weighted by molar-refractivity contribution is 0.419. The molecule has 1 N–H and O–H groups in total. The van der Waals surface area contributed by atoms with Crippen LogP contribution in [0.2, 0.25) is 0 Å². The molecule has 0 radical (unpaired) electrons. The molecule has 16 heavy (non-hydrogen) atoms. The molecule has 2 rings (SSSR count). The van der Waals surface area contributed by atoms with E-state index in [2.05, 4.69) is 29.5 Å². The molecule has 0 atom stereocenters. The first-order valence-corrected chi connectivity index (χ1v) is 7.30. The highest BCUT2D eigenvalue weighted by atomic mass is 32.1. The zero-order valence-electron chi connectivity index (χ0n) is 10.4. The summed E-state index contributed by atoms with van der Waals surface area (Å²) < 4.78 is 0. The largest absolute Gasteiger partial charge is 0.311 e. The standard InChI is InChI=1S/C13H22N2S/c1-3-5-13(6-7-13)10-14-8-11-9-16-12(4-2)15-11/h9,14H,3-8,10H2,1-2H3. The minimum Gasteiger partial charge on any atom is -0.311 e. The van der Waals surface area contributed by atoms with Gasteiger partial charge in [-0.25, -0.2) is 4.98 Å². The van der Waals surface area contributed by atoms with E-state index in [0.717, 1.165) is 13.0 Å². The predicted octanol–water partition coefficient (Wildman–Crippen LogP) is 3.38. The number of nitrogens with one attached hydrogen (secondary N) is 1. The molecule has 2 nitrogen and oxygen atoms in total. The lowest BCUT2D eigenvalue weighted by Gasteiger charge is -2.14.